The van der Waals surface area contributed by atoms with E-state index >= 15 is 0 Å². The number of methoxy groups -OCH3 is 1. The van der Waals surface area contributed by atoms with E-state index in [1.165, 1.54) is 19.3 Å². The molecule has 0 bridgehead atoms. The van der Waals surface area contributed by atoms with E-state index in [-0.39, 0.29) is 6.10 Å². The van der Waals surface area contributed by atoms with E-state index in [0.717, 1.165) is 0 Å². The molecule has 1 radical (unpaired) electrons. The summed E-state index contributed by atoms with van der Waals surface area (Å²) in [7, 11) is 1.70. The second kappa shape index (κ2) is 6.41. The van der Waals surface area contributed by atoms with Crippen molar-refractivity contribution in [3.05, 3.63) is 12.7 Å². The SMILES string of the molecule is [CH]=CC(OC)C(C)CCCC. The van der Waals surface area contributed by atoms with Crippen LogP contribution in [0.5, 0.6) is 0 Å². The highest BCUT2D eigenvalue weighted by Crippen LogP contribution is 2.14. The lowest BCUT2D eigenvalue weighted by atomic mass is 9.98. The van der Waals surface area contributed by atoms with Crippen LogP contribution in [0.3, 0.4) is 0 Å². The van der Waals surface area contributed by atoms with Crippen LogP contribution in [0.1, 0.15) is 33.1 Å². The highest BCUT2D eigenvalue weighted by atomic mass is 16.5. The fraction of sp³-hybridized carbons (Fsp3) is 0.800. The summed E-state index contributed by atoms with van der Waals surface area (Å²) in [5.41, 5.74) is 0. The Bertz CT molecular complexity index is 99.0. The molecule has 0 rings (SSSR count). The van der Waals surface area contributed by atoms with E-state index in [4.69, 9.17) is 11.3 Å². The zero-order chi connectivity index (χ0) is 8.69. The number of ether oxygens (including phenoxy) is 1. The van der Waals surface area contributed by atoms with Crippen molar-refractivity contribution in [1.29, 1.82) is 0 Å². The Kier molecular flexibility index (Phi) is 6.24. The lowest BCUT2D eigenvalue weighted by molar-refractivity contribution is 0.0920. The highest BCUT2D eigenvalue weighted by molar-refractivity contribution is 4.81. The average molecular weight is 155 g/mol. The van der Waals surface area contributed by atoms with Gasteiger partial charge < -0.3 is 4.74 Å². The first-order chi connectivity index (χ1) is 5.26. The van der Waals surface area contributed by atoms with Crippen LogP contribution < -0.4 is 0 Å². The molecular formula is C10H19O. The Morgan fingerprint density at radius 1 is 1.55 bits per heavy atom. The van der Waals surface area contributed by atoms with Crippen molar-refractivity contribution in [3.63, 3.8) is 0 Å². The van der Waals surface area contributed by atoms with Gasteiger partial charge in [0.25, 0.3) is 0 Å². The van der Waals surface area contributed by atoms with Gasteiger partial charge in [-0.25, -0.2) is 0 Å². The lowest BCUT2D eigenvalue weighted by Crippen LogP contribution is -2.17. The van der Waals surface area contributed by atoms with Gasteiger partial charge >= 0.3 is 0 Å². The molecule has 0 aliphatic heterocycles. The Hall–Kier alpha value is -0.300. The van der Waals surface area contributed by atoms with Crippen LogP contribution in [0, 0.1) is 12.5 Å². The van der Waals surface area contributed by atoms with Gasteiger partial charge in [-0.3, -0.25) is 0 Å². The maximum absolute atomic E-state index is 5.41. The van der Waals surface area contributed by atoms with Gasteiger partial charge in [0.1, 0.15) is 0 Å². The molecule has 0 aliphatic rings. The van der Waals surface area contributed by atoms with E-state index in [1.54, 1.807) is 13.2 Å². The minimum atomic E-state index is 0.126. The Balaban J connectivity index is 3.59. The van der Waals surface area contributed by atoms with Gasteiger partial charge in [0.15, 0.2) is 0 Å². The predicted molar refractivity (Wildman–Crippen MR) is 48.4 cm³/mol. The molecule has 11 heavy (non-hydrogen) atoms. The van der Waals surface area contributed by atoms with Gasteiger partial charge in [0.05, 0.1) is 6.10 Å². The minimum absolute atomic E-state index is 0.126. The summed E-state index contributed by atoms with van der Waals surface area (Å²) < 4.78 is 5.18. The number of hydrogen-bond acceptors (Lipinski definition) is 1. The van der Waals surface area contributed by atoms with Gasteiger partial charge in [-0.15, -0.1) is 0 Å². The maximum atomic E-state index is 5.41. The summed E-state index contributed by atoms with van der Waals surface area (Å²) >= 11 is 0. The van der Waals surface area contributed by atoms with E-state index < -0.39 is 0 Å². The molecule has 0 saturated heterocycles. The molecule has 0 amide bonds. The van der Waals surface area contributed by atoms with Crippen molar-refractivity contribution < 1.29 is 4.74 Å². The third-order valence-corrected chi connectivity index (χ3v) is 2.04. The molecule has 0 saturated carbocycles. The summed E-state index contributed by atoms with van der Waals surface area (Å²) in [5.74, 6) is 0.546. The van der Waals surface area contributed by atoms with Crippen LogP contribution in [0.4, 0.5) is 0 Å². The zero-order valence-corrected chi connectivity index (χ0v) is 7.84. The monoisotopic (exact) mass is 155 g/mol. The van der Waals surface area contributed by atoms with Crippen molar-refractivity contribution in [2.45, 2.75) is 39.2 Å². The summed E-state index contributed by atoms with van der Waals surface area (Å²) in [4.78, 5) is 0. The zero-order valence-electron chi connectivity index (χ0n) is 7.84. The van der Waals surface area contributed by atoms with Gasteiger partial charge in [-0.05, 0) is 12.3 Å². The third kappa shape index (κ3) is 4.20. The number of unbranched alkanes of at least 4 members (excludes halogenated alkanes) is 1. The fourth-order valence-corrected chi connectivity index (χ4v) is 1.19. The Morgan fingerprint density at radius 2 is 2.18 bits per heavy atom. The second-order valence-electron chi connectivity index (χ2n) is 3.01. The van der Waals surface area contributed by atoms with Gasteiger partial charge in [0, 0.05) is 7.11 Å². The quantitative estimate of drug-likeness (QED) is 0.573. The molecule has 0 fully saturated rings. The molecule has 1 heteroatoms. The van der Waals surface area contributed by atoms with Crippen molar-refractivity contribution in [1.82, 2.24) is 0 Å². The molecule has 0 heterocycles. The molecule has 65 valence electrons. The van der Waals surface area contributed by atoms with E-state index in [9.17, 15) is 0 Å². The summed E-state index contributed by atoms with van der Waals surface area (Å²) in [6.45, 7) is 9.77. The normalized spacial score (nSPS) is 15.9. The molecule has 0 aromatic carbocycles. The highest BCUT2D eigenvalue weighted by Gasteiger charge is 2.11. The first kappa shape index (κ1) is 10.7. The molecule has 0 aromatic heterocycles. The van der Waals surface area contributed by atoms with Crippen LogP contribution in [-0.2, 0) is 4.74 Å². The summed E-state index contributed by atoms with van der Waals surface area (Å²) in [6.07, 6.45) is 5.46. The second-order valence-corrected chi connectivity index (χ2v) is 3.01. The molecular weight excluding hydrogens is 136 g/mol. The summed E-state index contributed by atoms with van der Waals surface area (Å²) in [5, 5.41) is 0. The van der Waals surface area contributed by atoms with Crippen molar-refractivity contribution >= 4 is 0 Å². The Labute approximate surface area is 70.4 Å². The van der Waals surface area contributed by atoms with Gasteiger partial charge in [-0.2, -0.15) is 0 Å². The molecule has 2 unspecified atom stereocenters. The Morgan fingerprint density at radius 3 is 2.55 bits per heavy atom. The van der Waals surface area contributed by atoms with E-state index in [0.29, 0.717) is 5.92 Å². The van der Waals surface area contributed by atoms with Crippen LogP contribution in [0.25, 0.3) is 0 Å². The molecule has 0 N–H and O–H groups in total. The first-order valence-electron chi connectivity index (χ1n) is 4.34. The van der Waals surface area contributed by atoms with Crippen LogP contribution in [-0.4, -0.2) is 13.2 Å². The molecule has 2 atom stereocenters. The topological polar surface area (TPSA) is 9.23 Å². The third-order valence-electron chi connectivity index (χ3n) is 2.04. The molecule has 0 aliphatic carbocycles. The van der Waals surface area contributed by atoms with Crippen molar-refractivity contribution in [2.24, 2.45) is 5.92 Å². The molecule has 0 spiro atoms. The predicted octanol–water partition coefficient (Wildman–Crippen LogP) is 2.82. The first-order valence-corrected chi connectivity index (χ1v) is 4.34. The fourth-order valence-electron chi connectivity index (χ4n) is 1.19. The maximum Gasteiger partial charge on any atom is 0.0780 e. The van der Waals surface area contributed by atoms with Crippen molar-refractivity contribution in [3.8, 4) is 0 Å². The summed E-state index contributed by atoms with van der Waals surface area (Å²) in [6, 6.07) is 0. The van der Waals surface area contributed by atoms with Crippen molar-refractivity contribution in [2.75, 3.05) is 7.11 Å². The van der Waals surface area contributed by atoms with Crippen LogP contribution in [0.15, 0.2) is 6.08 Å². The van der Waals surface area contributed by atoms with Gasteiger partial charge in [0.2, 0.25) is 0 Å². The minimum Gasteiger partial charge on any atom is -0.377 e. The van der Waals surface area contributed by atoms with Crippen LogP contribution >= 0.6 is 0 Å². The van der Waals surface area contributed by atoms with E-state index in [1.807, 2.05) is 0 Å². The largest absolute Gasteiger partial charge is 0.377 e. The smallest absolute Gasteiger partial charge is 0.0780 e. The number of hydrogen-bond donors (Lipinski definition) is 0. The molecule has 1 nitrogen and oxygen atoms in total. The standard InChI is InChI=1S/C10H19O/c1-5-7-8-9(3)10(6-2)11-4/h2,6,9-10H,5,7-8H2,1,3-4H3. The lowest BCUT2D eigenvalue weighted by Gasteiger charge is -2.18. The number of rotatable bonds is 6. The molecule has 0 aromatic rings. The van der Waals surface area contributed by atoms with Crippen LogP contribution in [0.2, 0.25) is 0 Å². The average Bonchev–Trinajstić information content (AvgIpc) is 2.03. The van der Waals surface area contributed by atoms with E-state index in [2.05, 4.69) is 13.8 Å². The van der Waals surface area contributed by atoms with Gasteiger partial charge in [-0.1, -0.05) is 39.3 Å².